The normalized spacial score (nSPS) is 14.6. The summed E-state index contributed by atoms with van der Waals surface area (Å²) in [5.41, 5.74) is 5.46. The van der Waals surface area contributed by atoms with E-state index >= 15 is 0 Å². The predicted molar refractivity (Wildman–Crippen MR) is 194 cm³/mol. The van der Waals surface area contributed by atoms with Crippen molar-refractivity contribution in [3.8, 4) is 22.5 Å². The Morgan fingerprint density at radius 3 is 2.68 bits per heavy atom. The first-order valence-corrected chi connectivity index (χ1v) is 15.4. The third kappa shape index (κ3) is 6.96. The van der Waals surface area contributed by atoms with Crippen molar-refractivity contribution >= 4 is 53.1 Å². The summed E-state index contributed by atoms with van der Waals surface area (Å²) in [7, 11) is 3.93. The Kier molecular flexibility index (Phi) is 9.46. The highest BCUT2D eigenvalue weighted by molar-refractivity contribution is 7.59. The zero-order valence-corrected chi connectivity index (χ0v) is 27.3. The molecular weight excluding hydrogens is 607 g/mol. The Morgan fingerprint density at radius 2 is 1.83 bits per heavy atom. The topological polar surface area (TPSA) is 104 Å². The first-order valence-electron chi connectivity index (χ1n) is 15.4. The Labute approximate surface area is 280 Å². The van der Waals surface area contributed by atoms with E-state index in [4.69, 9.17) is 15.1 Å². The summed E-state index contributed by atoms with van der Waals surface area (Å²) in [6, 6.07) is 26.3. The van der Waals surface area contributed by atoms with Gasteiger partial charge in [-0.1, -0.05) is 42.5 Å². The van der Waals surface area contributed by atoms with Crippen molar-refractivity contribution in [2.45, 2.75) is 12.5 Å². The summed E-state index contributed by atoms with van der Waals surface area (Å²) >= 11 is 0. The van der Waals surface area contributed by atoms with Crippen LogP contribution in [0.25, 0.3) is 38.8 Å². The van der Waals surface area contributed by atoms with Crippen molar-refractivity contribution in [1.82, 2.24) is 29.5 Å². The van der Waals surface area contributed by atoms with Gasteiger partial charge in [-0.05, 0) is 68.4 Å². The second-order valence-corrected chi connectivity index (χ2v) is 11.7. The van der Waals surface area contributed by atoms with Crippen LogP contribution in [-0.2, 0) is 4.79 Å². The van der Waals surface area contributed by atoms with Gasteiger partial charge in [-0.2, -0.15) is 18.6 Å². The number of nitrogens with zero attached hydrogens (tertiary/aromatic N) is 7. The van der Waals surface area contributed by atoms with Gasteiger partial charge in [0.25, 0.3) is 0 Å². The summed E-state index contributed by atoms with van der Waals surface area (Å²) in [6.45, 7) is 2.33. The van der Waals surface area contributed by atoms with Crippen LogP contribution in [0, 0.1) is 0 Å². The van der Waals surface area contributed by atoms with Crippen LogP contribution in [0.1, 0.15) is 6.42 Å². The summed E-state index contributed by atoms with van der Waals surface area (Å²) in [5, 5.41) is 13.5. The van der Waals surface area contributed by atoms with Gasteiger partial charge in [-0.25, -0.2) is 19.5 Å². The number of fused-ring (bicyclic) bond motifs is 2. The maximum Gasteiger partial charge on any atom is 0.248 e. The van der Waals surface area contributed by atoms with Crippen LogP contribution in [-0.4, -0.2) is 75.1 Å². The molecule has 1 aliphatic rings. The molecule has 0 aliphatic carbocycles. The lowest BCUT2D eigenvalue weighted by atomic mass is 10.0. The van der Waals surface area contributed by atoms with Crippen molar-refractivity contribution in [2.24, 2.45) is 0 Å². The van der Waals surface area contributed by atoms with Crippen LogP contribution >= 0.6 is 13.5 Å². The highest BCUT2D eigenvalue weighted by atomic mass is 32.1. The van der Waals surface area contributed by atoms with Gasteiger partial charge in [0.05, 0.1) is 16.8 Å². The molecule has 11 heteroatoms. The third-order valence-corrected chi connectivity index (χ3v) is 8.07. The number of aromatic nitrogens is 5. The number of rotatable bonds is 9. The van der Waals surface area contributed by atoms with Crippen molar-refractivity contribution < 1.29 is 4.79 Å². The standard InChI is InChI=1S/C36H35N9O.H2S/c1-43(2)20-8-12-32(46)39-27-13-14-29-26(23-27)15-18-37-35(29)44-22-17-28(24-44)40-36-38-19-16-30(41-36)33-31-11-6-7-21-45(31)42-34(33)25-9-4-3-5-10-25;/h3-16,18-19,21,23,28H,17,20,22,24H2,1-2H3,(H,39,46)(H,38,40,41);1H2/b12-8+;/t28-;/m0./s1. The van der Waals surface area contributed by atoms with Gasteiger partial charge < -0.3 is 20.4 Å². The van der Waals surface area contributed by atoms with Crippen LogP contribution in [0.3, 0.4) is 0 Å². The molecule has 1 fully saturated rings. The first-order chi connectivity index (χ1) is 22.5. The summed E-state index contributed by atoms with van der Waals surface area (Å²) in [4.78, 5) is 31.0. The average molecular weight is 644 g/mol. The summed E-state index contributed by atoms with van der Waals surface area (Å²) < 4.78 is 1.90. The fraction of sp³-hybridized carbons (Fsp3) is 0.194. The number of carbonyl (C=O) groups is 1. The number of carbonyl (C=O) groups excluding carboxylic acids is 1. The summed E-state index contributed by atoms with van der Waals surface area (Å²) in [5.74, 6) is 1.37. The molecule has 10 nitrogen and oxygen atoms in total. The fourth-order valence-corrected chi connectivity index (χ4v) is 5.92. The number of hydrogen-bond acceptors (Lipinski definition) is 8. The van der Waals surface area contributed by atoms with Crippen LogP contribution in [0.2, 0.25) is 0 Å². The monoisotopic (exact) mass is 643 g/mol. The molecule has 0 radical (unpaired) electrons. The van der Waals surface area contributed by atoms with Crippen molar-refractivity contribution in [1.29, 1.82) is 0 Å². The first kappa shape index (κ1) is 31.7. The number of pyridine rings is 2. The van der Waals surface area contributed by atoms with E-state index in [2.05, 4.69) is 38.7 Å². The van der Waals surface area contributed by atoms with Gasteiger partial charge >= 0.3 is 0 Å². The third-order valence-electron chi connectivity index (χ3n) is 8.07. The molecule has 0 spiro atoms. The van der Waals surface area contributed by atoms with E-state index in [0.717, 1.165) is 69.8 Å². The molecule has 4 aromatic heterocycles. The molecule has 0 unspecified atom stereocenters. The molecule has 2 aromatic carbocycles. The molecule has 238 valence electrons. The van der Waals surface area contributed by atoms with Gasteiger partial charge in [0.2, 0.25) is 11.9 Å². The Hall–Kier alpha value is -5.26. The molecule has 0 saturated carbocycles. The number of amides is 1. The number of likely N-dealkylation sites (N-methyl/N-ethyl adjacent to an activating group) is 1. The van der Waals surface area contributed by atoms with E-state index in [1.807, 2.05) is 103 Å². The van der Waals surface area contributed by atoms with Crippen LogP contribution in [0.4, 0.5) is 17.5 Å². The zero-order chi connectivity index (χ0) is 31.5. The van der Waals surface area contributed by atoms with E-state index in [1.165, 1.54) is 0 Å². The zero-order valence-electron chi connectivity index (χ0n) is 26.3. The molecule has 1 atom stereocenters. The van der Waals surface area contributed by atoms with Gasteiger partial charge in [0.1, 0.15) is 11.5 Å². The molecule has 1 aliphatic heterocycles. The van der Waals surface area contributed by atoms with Crippen molar-refractivity contribution in [2.75, 3.05) is 49.3 Å². The SMILES string of the molecule is CN(C)C/C=C/C(=O)Nc1ccc2c(N3CC[C@H](Nc4nccc(-c5c(-c6ccccc6)nn6ccccc56)n4)C3)nccc2c1.S. The Balaban J connectivity index is 0.00000386. The molecule has 2 N–H and O–H groups in total. The molecule has 0 bridgehead atoms. The maximum absolute atomic E-state index is 12.4. The van der Waals surface area contributed by atoms with Gasteiger partial charge in [0.15, 0.2) is 0 Å². The smallest absolute Gasteiger partial charge is 0.248 e. The van der Waals surface area contributed by atoms with E-state index in [9.17, 15) is 4.79 Å². The second-order valence-electron chi connectivity index (χ2n) is 11.7. The minimum absolute atomic E-state index is 0. The number of hydrogen-bond donors (Lipinski definition) is 2. The minimum Gasteiger partial charge on any atom is -0.354 e. The largest absolute Gasteiger partial charge is 0.354 e. The highest BCUT2D eigenvalue weighted by Gasteiger charge is 2.26. The highest BCUT2D eigenvalue weighted by Crippen LogP contribution is 2.35. The molecule has 5 heterocycles. The molecule has 1 saturated heterocycles. The van der Waals surface area contributed by atoms with E-state index < -0.39 is 0 Å². The maximum atomic E-state index is 12.4. The van der Waals surface area contributed by atoms with Crippen LogP contribution < -0.4 is 15.5 Å². The van der Waals surface area contributed by atoms with Crippen molar-refractivity contribution in [3.63, 3.8) is 0 Å². The minimum atomic E-state index is -0.145. The molecular formula is C36H37N9OS. The Bertz CT molecular complexity index is 2040. The molecule has 1 amide bonds. The number of benzene rings is 2. The molecule has 6 aromatic rings. The van der Waals surface area contributed by atoms with E-state index in [1.54, 1.807) is 12.3 Å². The van der Waals surface area contributed by atoms with Crippen molar-refractivity contribution in [3.05, 3.63) is 110 Å². The number of nitrogens with one attached hydrogen (secondary N) is 2. The van der Waals surface area contributed by atoms with E-state index in [-0.39, 0.29) is 25.4 Å². The Morgan fingerprint density at radius 1 is 1.00 bits per heavy atom. The molecule has 7 rings (SSSR count). The second kappa shape index (κ2) is 14.0. The number of anilines is 3. The fourth-order valence-electron chi connectivity index (χ4n) is 5.92. The lowest BCUT2D eigenvalue weighted by Gasteiger charge is -2.20. The van der Waals surface area contributed by atoms with Gasteiger partial charge in [0, 0.05) is 67.0 Å². The average Bonchev–Trinajstić information content (AvgIpc) is 3.70. The lowest BCUT2D eigenvalue weighted by Crippen LogP contribution is -2.27. The quantitative estimate of drug-likeness (QED) is 0.189. The predicted octanol–water partition coefficient (Wildman–Crippen LogP) is 5.87. The lowest BCUT2D eigenvalue weighted by molar-refractivity contribution is -0.111. The van der Waals surface area contributed by atoms with Gasteiger partial charge in [-0.3, -0.25) is 4.79 Å². The van der Waals surface area contributed by atoms with Crippen LogP contribution in [0.15, 0.2) is 110 Å². The summed E-state index contributed by atoms with van der Waals surface area (Å²) in [6.07, 6.45) is 9.93. The molecule has 47 heavy (non-hydrogen) atoms. The van der Waals surface area contributed by atoms with E-state index in [0.29, 0.717) is 12.5 Å². The van der Waals surface area contributed by atoms with Crippen LogP contribution in [0.5, 0.6) is 0 Å². The van der Waals surface area contributed by atoms with Gasteiger partial charge in [-0.15, -0.1) is 0 Å².